The fourth-order valence-corrected chi connectivity index (χ4v) is 1.89. The monoisotopic (exact) mass is 249 g/mol. The van der Waals surface area contributed by atoms with Crippen LogP contribution in [0.5, 0.6) is 0 Å². The van der Waals surface area contributed by atoms with Crippen molar-refractivity contribution in [2.24, 2.45) is 7.05 Å². The minimum atomic E-state index is 0.838. The van der Waals surface area contributed by atoms with Crippen molar-refractivity contribution < 1.29 is 0 Å². The molecule has 2 aromatic rings. The quantitative estimate of drug-likeness (QED) is 0.644. The van der Waals surface area contributed by atoms with E-state index in [1.54, 1.807) is 18.1 Å². The number of anilines is 1. The zero-order chi connectivity index (χ0) is 12.1. The first-order valence-corrected chi connectivity index (χ1v) is 6.59. The van der Waals surface area contributed by atoms with Gasteiger partial charge in [0.05, 0.1) is 0 Å². The summed E-state index contributed by atoms with van der Waals surface area (Å²) in [5, 5.41) is 8.38. The van der Waals surface area contributed by atoms with Gasteiger partial charge in [0.25, 0.3) is 0 Å². The highest BCUT2D eigenvalue weighted by Crippen LogP contribution is 2.13. The average molecular weight is 249 g/mol. The Morgan fingerprint density at radius 3 is 3.00 bits per heavy atom. The van der Waals surface area contributed by atoms with E-state index in [1.807, 2.05) is 36.3 Å². The molecule has 0 amide bonds. The molecule has 0 spiro atoms. The first kappa shape index (κ1) is 11.9. The van der Waals surface area contributed by atoms with E-state index in [1.165, 1.54) is 5.69 Å². The van der Waals surface area contributed by atoms with Crippen LogP contribution in [0.25, 0.3) is 0 Å². The zero-order valence-electron chi connectivity index (χ0n) is 9.92. The van der Waals surface area contributed by atoms with Crippen molar-refractivity contribution in [1.82, 2.24) is 19.7 Å². The molecule has 0 aliphatic heterocycles. The second kappa shape index (κ2) is 5.67. The zero-order valence-corrected chi connectivity index (χ0v) is 10.7. The van der Waals surface area contributed by atoms with E-state index < -0.39 is 0 Å². The maximum atomic E-state index is 4.17. The molecule has 0 saturated carbocycles. The summed E-state index contributed by atoms with van der Waals surface area (Å²) in [6, 6.07) is 3.98. The summed E-state index contributed by atoms with van der Waals surface area (Å²) in [4.78, 5) is 8.30. The molecular formula is C11H15N5S. The molecule has 0 aromatic carbocycles. The fourth-order valence-electron chi connectivity index (χ4n) is 1.51. The standard InChI is InChI=1S/C11H15N5S/c1-16-9(4-6-15-16)3-5-12-10-7-11(17-2)14-8-13-10/h4,6-8H,3,5H2,1-2H3,(H,12,13,14). The molecule has 1 N–H and O–H groups in total. The number of nitrogens with zero attached hydrogens (tertiary/aromatic N) is 4. The molecule has 6 heteroatoms. The normalized spacial score (nSPS) is 10.5. The SMILES string of the molecule is CSc1cc(NCCc2ccnn2C)ncn1. The van der Waals surface area contributed by atoms with Crippen molar-refractivity contribution in [3.8, 4) is 0 Å². The van der Waals surface area contributed by atoms with Crippen LogP contribution in [0.1, 0.15) is 5.69 Å². The number of hydrogen-bond donors (Lipinski definition) is 1. The lowest BCUT2D eigenvalue weighted by Gasteiger charge is -2.06. The number of aromatic nitrogens is 4. The molecule has 0 fully saturated rings. The molecule has 0 atom stereocenters. The molecular weight excluding hydrogens is 234 g/mol. The van der Waals surface area contributed by atoms with Gasteiger partial charge < -0.3 is 5.32 Å². The van der Waals surface area contributed by atoms with Gasteiger partial charge in [0.1, 0.15) is 17.2 Å². The predicted octanol–water partition coefficient (Wildman–Crippen LogP) is 1.59. The number of thioether (sulfide) groups is 1. The summed E-state index contributed by atoms with van der Waals surface area (Å²) in [5.41, 5.74) is 1.21. The van der Waals surface area contributed by atoms with Gasteiger partial charge in [-0.2, -0.15) is 5.10 Å². The Morgan fingerprint density at radius 1 is 1.41 bits per heavy atom. The maximum absolute atomic E-state index is 4.17. The molecule has 5 nitrogen and oxygen atoms in total. The van der Waals surface area contributed by atoms with E-state index in [9.17, 15) is 0 Å². The highest BCUT2D eigenvalue weighted by molar-refractivity contribution is 7.98. The van der Waals surface area contributed by atoms with Crippen LogP contribution in [0.15, 0.2) is 29.7 Å². The first-order chi connectivity index (χ1) is 8.29. The second-order valence-corrected chi connectivity index (χ2v) is 4.40. The molecule has 0 aliphatic rings. The highest BCUT2D eigenvalue weighted by Gasteiger charge is 2.00. The van der Waals surface area contributed by atoms with Gasteiger partial charge in [-0.25, -0.2) is 9.97 Å². The number of nitrogens with one attached hydrogen (secondary N) is 1. The van der Waals surface area contributed by atoms with Gasteiger partial charge in [-0.15, -0.1) is 11.8 Å². The Morgan fingerprint density at radius 2 is 2.29 bits per heavy atom. The van der Waals surface area contributed by atoms with E-state index in [4.69, 9.17) is 0 Å². The lowest BCUT2D eigenvalue weighted by Crippen LogP contribution is -2.09. The van der Waals surface area contributed by atoms with Crippen LogP contribution in [0.2, 0.25) is 0 Å². The van der Waals surface area contributed by atoms with Crippen molar-refractivity contribution in [2.75, 3.05) is 18.1 Å². The van der Waals surface area contributed by atoms with Gasteiger partial charge in [0.2, 0.25) is 0 Å². The van der Waals surface area contributed by atoms with E-state index in [0.717, 1.165) is 23.8 Å². The first-order valence-electron chi connectivity index (χ1n) is 5.36. The van der Waals surface area contributed by atoms with Gasteiger partial charge in [-0.3, -0.25) is 4.68 Å². The minimum absolute atomic E-state index is 0.838. The lowest BCUT2D eigenvalue weighted by atomic mass is 10.3. The molecule has 0 radical (unpaired) electrons. The third-order valence-corrected chi connectivity index (χ3v) is 3.10. The summed E-state index contributed by atoms with van der Waals surface area (Å²) < 4.78 is 1.88. The van der Waals surface area contributed by atoms with Crippen molar-refractivity contribution >= 4 is 17.6 Å². The summed E-state index contributed by atoms with van der Waals surface area (Å²) in [7, 11) is 1.95. The Hall–Kier alpha value is -1.56. The van der Waals surface area contributed by atoms with Gasteiger partial charge in [-0.1, -0.05) is 0 Å². The van der Waals surface area contributed by atoms with Crippen molar-refractivity contribution in [3.05, 3.63) is 30.4 Å². The number of rotatable bonds is 5. The Bertz CT molecular complexity index is 482. The second-order valence-electron chi connectivity index (χ2n) is 3.57. The van der Waals surface area contributed by atoms with E-state index in [0.29, 0.717) is 0 Å². The maximum Gasteiger partial charge on any atom is 0.130 e. The average Bonchev–Trinajstić information content (AvgIpc) is 2.76. The van der Waals surface area contributed by atoms with Gasteiger partial charge in [-0.05, 0) is 12.3 Å². The van der Waals surface area contributed by atoms with Gasteiger partial charge in [0, 0.05) is 38.0 Å². The largest absolute Gasteiger partial charge is 0.370 e. The summed E-state index contributed by atoms with van der Waals surface area (Å²) in [5.74, 6) is 0.867. The lowest BCUT2D eigenvalue weighted by molar-refractivity contribution is 0.711. The topological polar surface area (TPSA) is 55.6 Å². The minimum Gasteiger partial charge on any atom is -0.370 e. The number of hydrogen-bond acceptors (Lipinski definition) is 5. The van der Waals surface area contributed by atoms with Crippen molar-refractivity contribution in [1.29, 1.82) is 0 Å². The predicted molar refractivity (Wildman–Crippen MR) is 69.2 cm³/mol. The molecule has 2 aromatic heterocycles. The molecule has 2 heterocycles. The summed E-state index contributed by atoms with van der Waals surface area (Å²) in [6.07, 6.45) is 6.32. The molecule has 17 heavy (non-hydrogen) atoms. The van der Waals surface area contributed by atoms with Gasteiger partial charge in [0.15, 0.2) is 0 Å². The smallest absolute Gasteiger partial charge is 0.130 e. The van der Waals surface area contributed by atoms with Crippen LogP contribution < -0.4 is 5.32 Å². The molecule has 0 unspecified atom stereocenters. The van der Waals surface area contributed by atoms with E-state index in [2.05, 4.69) is 20.4 Å². The Balaban J connectivity index is 1.87. The van der Waals surface area contributed by atoms with E-state index in [-0.39, 0.29) is 0 Å². The Labute approximate surface area is 105 Å². The van der Waals surface area contributed by atoms with Gasteiger partial charge >= 0.3 is 0 Å². The Kier molecular flexibility index (Phi) is 3.98. The van der Waals surface area contributed by atoms with Crippen LogP contribution >= 0.6 is 11.8 Å². The molecule has 2 rings (SSSR count). The molecule has 0 saturated heterocycles. The highest BCUT2D eigenvalue weighted by atomic mass is 32.2. The number of aryl methyl sites for hydroxylation is 1. The summed E-state index contributed by atoms with van der Waals surface area (Å²) >= 11 is 1.61. The third kappa shape index (κ3) is 3.20. The van der Waals surface area contributed by atoms with Crippen molar-refractivity contribution in [2.45, 2.75) is 11.4 Å². The third-order valence-electron chi connectivity index (χ3n) is 2.46. The molecule has 90 valence electrons. The summed E-state index contributed by atoms with van der Waals surface area (Å²) in [6.45, 7) is 0.838. The molecule has 0 bridgehead atoms. The molecule has 0 aliphatic carbocycles. The van der Waals surface area contributed by atoms with Crippen molar-refractivity contribution in [3.63, 3.8) is 0 Å². The fraction of sp³-hybridized carbons (Fsp3) is 0.364. The van der Waals surface area contributed by atoms with Crippen LogP contribution in [0.4, 0.5) is 5.82 Å². The van der Waals surface area contributed by atoms with E-state index >= 15 is 0 Å². The van der Waals surface area contributed by atoms with Crippen LogP contribution in [0.3, 0.4) is 0 Å². The van der Waals surface area contributed by atoms with Crippen LogP contribution in [0, 0.1) is 0 Å². The van der Waals surface area contributed by atoms with Crippen LogP contribution in [-0.2, 0) is 13.5 Å². The van der Waals surface area contributed by atoms with Crippen LogP contribution in [-0.4, -0.2) is 32.5 Å².